The maximum Gasteiger partial charge on any atom is 0.257 e. The lowest BCUT2D eigenvalue weighted by Crippen LogP contribution is -2.48. The van der Waals surface area contributed by atoms with Crippen molar-refractivity contribution in [2.45, 2.75) is 19.9 Å². The van der Waals surface area contributed by atoms with Crippen LogP contribution in [0.4, 0.5) is 15.9 Å². The van der Waals surface area contributed by atoms with E-state index in [1.54, 1.807) is 24.4 Å². The van der Waals surface area contributed by atoms with E-state index >= 15 is 0 Å². The Morgan fingerprint density at radius 2 is 1.76 bits per heavy atom. The molecule has 4 aromatic rings. The van der Waals surface area contributed by atoms with Crippen molar-refractivity contribution in [2.75, 3.05) is 36.8 Å². The van der Waals surface area contributed by atoms with Crippen molar-refractivity contribution in [3.8, 4) is 22.4 Å². The third-order valence-corrected chi connectivity index (χ3v) is 6.53. The van der Waals surface area contributed by atoms with Crippen LogP contribution in [0.1, 0.15) is 13.8 Å². The molecule has 34 heavy (non-hydrogen) atoms. The smallest absolute Gasteiger partial charge is 0.257 e. The van der Waals surface area contributed by atoms with E-state index in [0.717, 1.165) is 37.3 Å². The normalized spacial score (nSPS) is 14.8. The van der Waals surface area contributed by atoms with Crippen LogP contribution in [0.15, 0.2) is 59.7 Å². The molecule has 0 spiro atoms. The Bertz CT molecular complexity index is 1390. The number of aromatic amines is 1. The SMILES string of the molecule is CC(C)N1CCN(c2ccc(-c3cc(-c4cc5cc[nH]c(=O)c5cn4)c(N)nc3F)cc2)CC1. The Morgan fingerprint density at radius 1 is 1.03 bits per heavy atom. The van der Waals surface area contributed by atoms with E-state index in [0.29, 0.717) is 33.8 Å². The highest BCUT2D eigenvalue weighted by Gasteiger charge is 2.20. The third kappa shape index (κ3) is 4.12. The van der Waals surface area contributed by atoms with Crippen molar-refractivity contribution in [1.82, 2.24) is 19.9 Å². The Balaban J connectivity index is 1.45. The van der Waals surface area contributed by atoms with Gasteiger partial charge in [0.2, 0.25) is 5.95 Å². The van der Waals surface area contributed by atoms with Gasteiger partial charge in [-0.05, 0) is 55.1 Å². The lowest BCUT2D eigenvalue weighted by atomic mass is 10.0. The van der Waals surface area contributed by atoms with Gasteiger partial charge in [-0.2, -0.15) is 4.39 Å². The molecular weight excluding hydrogens is 431 g/mol. The predicted octanol–water partition coefficient (Wildman–Crippen LogP) is 3.90. The zero-order chi connectivity index (χ0) is 23.8. The molecule has 1 aromatic carbocycles. The van der Waals surface area contributed by atoms with Crippen molar-refractivity contribution in [3.63, 3.8) is 0 Å². The number of aromatic nitrogens is 3. The minimum atomic E-state index is -0.628. The minimum absolute atomic E-state index is 0.0533. The third-order valence-electron chi connectivity index (χ3n) is 6.53. The topological polar surface area (TPSA) is 91.1 Å². The van der Waals surface area contributed by atoms with Gasteiger partial charge >= 0.3 is 0 Å². The molecule has 5 rings (SSSR count). The molecule has 0 atom stereocenters. The van der Waals surface area contributed by atoms with E-state index in [1.165, 1.54) is 6.20 Å². The summed E-state index contributed by atoms with van der Waals surface area (Å²) in [6, 6.07) is 13.7. The van der Waals surface area contributed by atoms with Gasteiger partial charge in [0.1, 0.15) is 5.82 Å². The molecule has 3 N–H and O–H groups in total. The number of anilines is 2. The molecule has 0 bridgehead atoms. The molecule has 0 saturated carbocycles. The average molecular weight is 459 g/mol. The maximum absolute atomic E-state index is 14.8. The molecule has 0 unspecified atom stereocenters. The van der Waals surface area contributed by atoms with Crippen LogP contribution < -0.4 is 16.2 Å². The lowest BCUT2D eigenvalue weighted by Gasteiger charge is -2.38. The van der Waals surface area contributed by atoms with Gasteiger partial charge in [-0.3, -0.25) is 14.7 Å². The summed E-state index contributed by atoms with van der Waals surface area (Å²) >= 11 is 0. The molecule has 0 amide bonds. The zero-order valence-corrected chi connectivity index (χ0v) is 19.3. The number of pyridine rings is 3. The van der Waals surface area contributed by atoms with Crippen LogP contribution >= 0.6 is 0 Å². The second kappa shape index (κ2) is 8.87. The van der Waals surface area contributed by atoms with Crippen molar-refractivity contribution >= 4 is 22.3 Å². The van der Waals surface area contributed by atoms with Gasteiger partial charge in [0.15, 0.2) is 0 Å². The minimum Gasteiger partial charge on any atom is -0.383 e. The quantitative estimate of drug-likeness (QED) is 0.451. The molecule has 0 radical (unpaired) electrons. The summed E-state index contributed by atoms with van der Waals surface area (Å²) in [7, 11) is 0. The van der Waals surface area contributed by atoms with E-state index < -0.39 is 5.95 Å². The van der Waals surface area contributed by atoms with Crippen molar-refractivity contribution in [2.24, 2.45) is 0 Å². The predicted molar refractivity (Wildman–Crippen MR) is 134 cm³/mol. The van der Waals surface area contributed by atoms with E-state index in [-0.39, 0.29) is 11.4 Å². The number of rotatable bonds is 4. The largest absolute Gasteiger partial charge is 0.383 e. The number of H-pyrrole nitrogens is 1. The van der Waals surface area contributed by atoms with Crippen molar-refractivity contribution in [3.05, 3.63) is 71.2 Å². The van der Waals surface area contributed by atoms with Crippen LogP contribution in [0.3, 0.4) is 0 Å². The highest BCUT2D eigenvalue weighted by atomic mass is 19.1. The summed E-state index contributed by atoms with van der Waals surface area (Å²) in [5.74, 6) is -0.575. The van der Waals surface area contributed by atoms with Crippen LogP contribution in [0.2, 0.25) is 0 Å². The molecule has 1 aliphatic heterocycles. The number of hydrogen-bond acceptors (Lipinski definition) is 6. The fourth-order valence-electron chi connectivity index (χ4n) is 4.49. The van der Waals surface area contributed by atoms with Crippen LogP contribution in [0, 0.1) is 5.95 Å². The standard InChI is InChI=1S/C26H27FN6O/c1-16(2)32-9-11-33(12-10-32)19-5-3-17(4-6-19)20-14-21(25(28)31-24(20)27)23-13-18-7-8-29-26(34)22(18)15-30-23/h3-8,13-16H,9-12H2,1-2H3,(H2,28,31)(H,29,34). The van der Waals surface area contributed by atoms with Crippen LogP contribution in [0.5, 0.6) is 0 Å². The van der Waals surface area contributed by atoms with Crippen molar-refractivity contribution < 1.29 is 4.39 Å². The molecule has 4 heterocycles. The Hall–Kier alpha value is -3.78. The average Bonchev–Trinajstić information content (AvgIpc) is 2.84. The van der Waals surface area contributed by atoms with E-state index in [1.807, 2.05) is 24.3 Å². The molecule has 8 heteroatoms. The Labute approximate surface area is 197 Å². The van der Waals surface area contributed by atoms with E-state index in [2.05, 4.69) is 38.6 Å². The molecule has 1 saturated heterocycles. The first kappa shape index (κ1) is 22.0. The molecular formula is C26H27FN6O. The molecule has 174 valence electrons. The first-order valence-electron chi connectivity index (χ1n) is 11.4. The van der Waals surface area contributed by atoms with Gasteiger partial charge in [0.25, 0.3) is 5.56 Å². The number of halogens is 1. The molecule has 3 aromatic heterocycles. The highest BCUT2D eigenvalue weighted by molar-refractivity contribution is 5.87. The lowest BCUT2D eigenvalue weighted by molar-refractivity contribution is 0.209. The van der Waals surface area contributed by atoms with Gasteiger partial charge in [-0.25, -0.2) is 4.98 Å². The van der Waals surface area contributed by atoms with Gasteiger partial charge < -0.3 is 15.6 Å². The molecule has 1 fully saturated rings. The van der Waals surface area contributed by atoms with Gasteiger partial charge in [-0.1, -0.05) is 12.1 Å². The summed E-state index contributed by atoms with van der Waals surface area (Å²) in [5, 5.41) is 1.20. The van der Waals surface area contributed by atoms with Gasteiger partial charge in [0.05, 0.1) is 11.1 Å². The Kier molecular flexibility index (Phi) is 5.75. The monoisotopic (exact) mass is 458 g/mol. The number of benzene rings is 1. The number of nitrogens with one attached hydrogen (secondary N) is 1. The summed E-state index contributed by atoms with van der Waals surface area (Å²) in [6.45, 7) is 8.45. The molecule has 1 aliphatic rings. The number of nitrogens with zero attached hydrogens (tertiary/aromatic N) is 4. The van der Waals surface area contributed by atoms with E-state index in [4.69, 9.17) is 5.73 Å². The van der Waals surface area contributed by atoms with Crippen LogP contribution in [0.25, 0.3) is 33.2 Å². The summed E-state index contributed by atoms with van der Waals surface area (Å²) < 4.78 is 14.8. The number of nitrogen functional groups attached to an aromatic ring is 1. The summed E-state index contributed by atoms with van der Waals surface area (Å²) in [6.07, 6.45) is 3.08. The fourth-order valence-corrected chi connectivity index (χ4v) is 4.49. The highest BCUT2D eigenvalue weighted by Crippen LogP contribution is 2.32. The fraction of sp³-hybridized carbons (Fsp3) is 0.269. The van der Waals surface area contributed by atoms with Crippen LogP contribution in [-0.4, -0.2) is 52.1 Å². The number of fused-ring (bicyclic) bond motifs is 1. The molecule has 0 aliphatic carbocycles. The van der Waals surface area contributed by atoms with Gasteiger partial charge in [0, 0.05) is 61.4 Å². The van der Waals surface area contributed by atoms with Crippen LogP contribution in [-0.2, 0) is 0 Å². The van der Waals surface area contributed by atoms with Gasteiger partial charge in [-0.15, -0.1) is 0 Å². The number of hydrogen-bond donors (Lipinski definition) is 2. The second-order valence-corrected chi connectivity index (χ2v) is 8.89. The summed E-state index contributed by atoms with van der Waals surface area (Å²) in [5.41, 5.74) is 9.09. The molecule has 7 nitrogen and oxygen atoms in total. The number of nitrogens with two attached hydrogens (primary N) is 1. The maximum atomic E-state index is 14.8. The van der Waals surface area contributed by atoms with E-state index in [9.17, 15) is 9.18 Å². The Morgan fingerprint density at radius 3 is 2.47 bits per heavy atom. The zero-order valence-electron chi connectivity index (χ0n) is 19.3. The second-order valence-electron chi connectivity index (χ2n) is 8.89. The first-order valence-corrected chi connectivity index (χ1v) is 11.4. The number of piperazine rings is 1. The van der Waals surface area contributed by atoms with Crippen molar-refractivity contribution in [1.29, 1.82) is 0 Å². The summed E-state index contributed by atoms with van der Waals surface area (Å²) in [4.78, 5) is 27.8. The first-order chi connectivity index (χ1) is 16.4.